The van der Waals surface area contributed by atoms with E-state index in [1.807, 2.05) is 6.92 Å². The number of carboxylic acid groups (broad SMARTS) is 1. The van der Waals surface area contributed by atoms with Gasteiger partial charge in [-0.05, 0) is 19.3 Å². The monoisotopic (exact) mass is 184 g/mol. The van der Waals surface area contributed by atoms with Crippen molar-refractivity contribution < 1.29 is 9.90 Å². The second-order valence-corrected chi connectivity index (χ2v) is 4.21. The number of rotatable bonds is 2. The third kappa shape index (κ3) is 2.45. The lowest BCUT2D eigenvalue weighted by Gasteiger charge is -2.29. The van der Waals surface area contributed by atoms with Crippen molar-refractivity contribution in [3.63, 3.8) is 0 Å². The van der Waals surface area contributed by atoms with Crippen molar-refractivity contribution >= 4 is 5.97 Å². The van der Waals surface area contributed by atoms with Crippen LogP contribution in [0.4, 0.5) is 0 Å². The fourth-order valence-electron chi connectivity index (χ4n) is 2.30. The summed E-state index contributed by atoms with van der Waals surface area (Å²) in [5.41, 5.74) is -0.388. The molecule has 0 radical (unpaired) electrons. The zero-order chi connectivity index (χ0) is 9.73. The van der Waals surface area contributed by atoms with Gasteiger partial charge in [-0.3, -0.25) is 4.79 Å². The Hall–Kier alpha value is -0.530. The van der Waals surface area contributed by atoms with Gasteiger partial charge in [0, 0.05) is 0 Å². The average Bonchev–Trinajstić information content (AvgIpc) is 2.04. The van der Waals surface area contributed by atoms with Crippen molar-refractivity contribution in [1.82, 2.24) is 0 Å². The van der Waals surface area contributed by atoms with E-state index in [2.05, 4.69) is 0 Å². The minimum Gasteiger partial charge on any atom is -0.481 e. The first-order chi connectivity index (χ1) is 6.21. The Morgan fingerprint density at radius 2 is 1.62 bits per heavy atom. The summed E-state index contributed by atoms with van der Waals surface area (Å²) in [6, 6.07) is 0. The van der Waals surface area contributed by atoms with Crippen molar-refractivity contribution in [3.05, 3.63) is 0 Å². The third-order valence-corrected chi connectivity index (χ3v) is 3.44. The Labute approximate surface area is 80.3 Å². The Balaban J connectivity index is 2.63. The van der Waals surface area contributed by atoms with Crippen LogP contribution in [-0.4, -0.2) is 11.1 Å². The summed E-state index contributed by atoms with van der Waals surface area (Å²) in [6.07, 6.45) is 8.49. The van der Waals surface area contributed by atoms with Gasteiger partial charge in [0.25, 0.3) is 0 Å². The molecule has 0 aliphatic heterocycles. The number of hydrogen-bond donors (Lipinski definition) is 1. The number of carboxylic acids is 1. The van der Waals surface area contributed by atoms with Crippen LogP contribution in [0.15, 0.2) is 0 Å². The van der Waals surface area contributed by atoms with Crippen molar-refractivity contribution in [2.75, 3.05) is 0 Å². The molecule has 0 amide bonds. The summed E-state index contributed by atoms with van der Waals surface area (Å²) in [7, 11) is 0. The molecule has 2 heteroatoms. The molecule has 13 heavy (non-hydrogen) atoms. The SMILES string of the molecule is CCC1(C(=O)O)CCCCCCC1. The van der Waals surface area contributed by atoms with E-state index >= 15 is 0 Å². The number of aliphatic carboxylic acids is 1. The van der Waals surface area contributed by atoms with Crippen LogP contribution in [0.25, 0.3) is 0 Å². The molecule has 1 aliphatic rings. The van der Waals surface area contributed by atoms with Crippen molar-refractivity contribution in [3.8, 4) is 0 Å². The summed E-state index contributed by atoms with van der Waals surface area (Å²) < 4.78 is 0. The lowest BCUT2D eigenvalue weighted by Crippen LogP contribution is -2.31. The molecule has 0 unspecified atom stereocenters. The first kappa shape index (κ1) is 10.6. The van der Waals surface area contributed by atoms with E-state index < -0.39 is 5.97 Å². The van der Waals surface area contributed by atoms with E-state index in [4.69, 9.17) is 0 Å². The van der Waals surface area contributed by atoms with Gasteiger partial charge in [0.15, 0.2) is 0 Å². The molecule has 0 spiro atoms. The summed E-state index contributed by atoms with van der Waals surface area (Å²) in [5, 5.41) is 9.21. The molecular weight excluding hydrogens is 164 g/mol. The average molecular weight is 184 g/mol. The molecule has 1 saturated carbocycles. The third-order valence-electron chi connectivity index (χ3n) is 3.44. The van der Waals surface area contributed by atoms with Gasteiger partial charge in [0.05, 0.1) is 5.41 Å². The van der Waals surface area contributed by atoms with Crippen LogP contribution in [0, 0.1) is 5.41 Å². The predicted octanol–water partition coefficient (Wildman–Crippen LogP) is 3.21. The standard InChI is InChI=1S/C11H20O2/c1-2-11(10(12)13)8-6-4-3-5-7-9-11/h2-9H2,1H3,(H,12,13). The van der Waals surface area contributed by atoms with E-state index in [1.54, 1.807) is 0 Å². The smallest absolute Gasteiger partial charge is 0.309 e. The molecule has 0 heterocycles. The van der Waals surface area contributed by atoms with Crippen LogP contribution in [0.1, 0.15) is 58.3 Å². The van der Waals surface area contributed by atoms with E-state index in [1.165, 1.54) is 19.3 Å². The minimum atomic E-state index is -0.572. The maximum atomic E-state index is 11.2. The summed E-state index contributed by atoms with van der Waals surface area (Å²) in [4.78, 5) is 11.2. The molecule has 2 nitrogen and oxygen atoms in total. The van der Waals surface area contributed by atoms with Gasteiger partial charge in [-0.2, -0.15) is 0 Å². The maximum absolute atomic E-state index is 11.2. The van der Waals surface area contributed by atoms with Crippen LogP contribution in [0.2, 0.25) is 0 Å². The van der Waals surface area contributed by atoms with E-state index in [9.17, 15) is 9.90 Å². The highest BCUT2D eigenvalue weighted by atomic mass is 16.4. The first-order valence-corrected chi connectivity index (χ1v) is 5.45. The summed E-state index contributed by atoms with van der Waals surface area (Å²) in [6.45, 7) is 2.01. The number of carbonyl (C=O) groups is 1. The molecular formula is C11H20O2. The van der Waals surface area contributed by atoms with Gasteiger partial charge in [0.1, 0.15) is 0 Å². The minimum absolute atomic E-state index is 0.388. The molecule has 76 valence electrons. The Kier molecular flexibility index (Phi) is 3.76. The van der Waals surface area contributed by atoms with Gasteiger partial charge in [0.2, 0.25) is 0 Å². The highest BCUT2D eigenvalue weighted by Crippen LogP contribution is 2.37. The van der Waals surface area contributed by atoms with Crippen molar-refractivity contribution in [2.24, 2.45) is 5.41 Å². The first-order valence-electron chi connectivity index (χ1n) is 5.45. The molecule has 0 atom stereocenters. The molecule has 0 bridgehead atoms. The highest BCUT2D eigenvalue weighted by molar-refractivity contribution is 5.74. The quantitative estimate of drug-likeness (QED) is 0.715. The maximum Gasteiger partial charge on any atom is 0.309 e. The van der Waals surface area contributed by atoms with Crippen LogP contribution in [0.5, 0.6) is 0 Å². The molecule has 0 aromatic carbocycles. The van der Waals surface area contributed by atoms with Crippen LogP contribution in [-0.2, 0) is 4.79 Å². The lowest BCUT2D eigenvalue weighted by atomic mass is 9.74. The summed E-state index contributed by atoms with van der Waals surface area (Å²) >= 11 is 0. The normalized spacial score (nSPS) is 23.2. The van der Waals surface area contributed by atoms with Crippen LogP contribution in [0.3, 0.4) is 0 Å². The lowest BCUT2D eigenvalue weighted by molar-refractivity contribution is -0.150. The fourth-order valence-corrected chi connectivity index (χ4v) is 2.30. The van der Waals surface area contributed by atoms with Gasteiger partial charge in [-0.1, -0.05) is 39.0 Å². The van der Waals surface area contributed by atoms with Gasteiger partial charge in [-0.15, -0.1) is 0 Å². The Morgan fingerprint density at radius 1 is 1.15 bits per heavy atom. The number of hydrogen-bond acceptors (Lipinski definition) is 1. The van der Waals surface area contributed by atoms with E-state index in [0.29, 0.717) is 0 Å². The zero-order valence-corrected chi connectivity index (χ0v) is 8.51. The molecule has 1 N–H and O–H groups in total. The molecule has 1 rings (SSSR count). The van der Waals surface area contributed by atoms with Crippen LogP contribution < -0.4 is 0 Å². The van der Waals surface area contributed by atoms with Crippen molar-refractivity contribution in [1.29, 1.82) is 0 Å². The van der Waals surface area contributed by atoms with Gasteiger partial charge < -0.3 is 5.11 Å². The zero-order valence-electron chi connectivity index (χ0n) is 8.51. The predicted molar refractivity (Wildman–Crippen MR) is 52.7 cm³/mol. The van der Waals surface area contributed by atoms with E-state index in [-0.39, 0.29) is 5.41 Å². The largest absolute Gasteiger partial charge is 0.481 e. The highest BCUT2D eigenvalue weighted by Gasteiger charge is 2.35. The molecule has 1 aliphatic carbocycles. The fraction of sp³-hybridized carbons (Fsp3) is 0.909. The van der Waals surface area contributed by atoms with Crippen molar-refractivity contribution in [2.45, 2.75) is 58.3 Å². The molecule has 0 saturated heterocycles. The van der Waals surface area contributed by atoms with Crippen LogP contribution >= 0.6 is 0 Å². The molecule has 0 aromatic heterocycles. The van der Waals surface area contributed by atoms with E-state index in [0.717, 1.165) is 32.1 Å². The molecule has 1 fully saturated rings. The van der Waals surface area contributed by atoms with Gasteiger partial charge in [-0.25, -0.2) is 0 Å². The Morgan fingerprint density at radius 3 is 2.00 bits per heavy atom. The second kappa shape index (κ2) is 4.64. The molecule has 0 aromatic rings. The summed E-state index contributed by atoms with van der Waals surface area (Å²) in [5.74, 6) is -0.572. The topological polar surface area (TPSA) is 37.3 Å². The Bertz CT molecular complexity index is 167. The second-order valence-electron chi connectivity index (χ2n) is 4.21. The van der Waals surface area contributed by atoms with Gasteiger partial charge >= 0.3 is 5.97 Å².